The van der Waals surface area contributed by atoms with Crippen LogP contribution in [0.25, 0.3) is 0 Å². The van der Waals surface area contributed by atoms with Crippen molar-refractivity contribution in [2.24, 2.45) is 0 Å². The van der Waals surface area contributed by atoms with E-state index in [1.807, 2.05) is 27.0 Å². The predicted molar refractivity (Wildman–Crippen MR) is 69.8 cm³/mol. The summed E-state index contributed by atoms with van der Waals surface area (Å²) in [6, 6.07) is 0. The third kappa shape index (κ3) is 4.48. The van der Waals surface area contributed by atoms with E-state index >= 15 is 0 Å². The van der Waals surface area contributed by atoms with E-state index in [2.05, 4.69) is 36.1 Å². The molecule has 1 aromatic rings. The first-order valence-corrected chi connectivity index (χ1v) is 6.18. The Labute approximate surface area is 104 Å². The van der Waals surface area contributed by atoms with E-state index in [0.29, 0.717) is 6.61 Å². The van der Waals surface area contributed by atoms with Crippen molar-refractivity contribution in [3.8, 4) is 0 Å². The van der Waals surface area contributed by atoms with Gasteiger partial charge in [0.15, 0.2) is 0 Å². The second-order valence-corrected chi connectivity index (χ2v) is 5.80. The SMILES string of the molecule is CCOC(C)(C)c1ncc(CNC(C)(C)C)[nH]1. The van der Waals surface area contributed by atoms with Crippen LogP contribution in [0.1, 0.15) is 53.1 Å². The summed E-state index contributed by atoms with van der Waals surface area (Å²) in [4.78, 5) is 7.70. The van der Waals surface area contributed by atoms with Gasteiger partial charge in [-0.3, -0.25) is 0 Å². The third-order valence-corrected chi connectivity index (χ3v) is 2.51. The number of nitrogens with one attached hydrogen (secondary N) is 2. The number of hydrogen-bond acceptors (Lipinski definition) is 3. The maximum absolute atomic E-state index is 5.66. The van der Waals surface area contributed by atoms with Crippen LogP contribution >= 0.6 is 0 Å². The molecule has 0 fully saturated rings. The van der Waals surface area contributed by atoms with Gasteiger partial charge < -0.3 is 15.0 Å². The van der Waals surface area contributed by atoms with Crippen LogP contribution in [0.3, 0.4) is 0 Å². The number of aromatic amines is 1. The number of nitrogens with zero attached hydrogens (tertiary/aromatic N) is 1. The number of H-pyrrole nitrogens is 1. The Hall–Kier alpha value is -0.870. The molecule has 4 nitrogen and oxygen atoms in total. The highest BCUT2D eigenvalue weighted by Gasteiger charge is 2.24. The van der Waals surface area contributed by atoms with Crippen molar-refractivity contribution in [1.82, 2.24) is 15.3 Å². The van der Waals surface area contributed by atoms with E-state index in [4.69, 9.17) is 4.74 Å². The van der Waals surface area contributed by atoms with E-state index in [0.717, 1.165) is 18.1 Å². The Bertz CT molecular complexity index is 350. The lowest BCUT2D eigenvalue weighted by molar-refractivity contribution is -0.0202. The number of rotatable bonds is 5. The molecule has 0 radical (unpaired) electrons. The fourth-order valence-corrected chi connectivity index (χ4v) is 1.54. The Morgan fingerprint density at radius 2 is 1.94 bits per heavy atom. The molecular formula is C13H25N3O. The molecule has 0 spiro atoms. The summed E-state index contributed by atoms with van der Waals surface area (Å²) in [5.41, 5.74) is 0.845. The molecule has 0 aliphatic heterocycles. The van der Waals surface area contributed by atoms with Crippen molar-refractivity contribution >= 4 is 0 Å². The average molecular weight is 239 g/mol. The van der Waals surface area contributed by atoms with Crippen LogP contribution in [-0.2, 0) is 16.9 Å². The fraction of sp³-hybridized carbons (Fsp3) is 0.769. The minimum absolute atomic E-state index is 0.112. The fourth-order valence-electron chi connectivity index (χ4n) is 1.54. The smallest absolute Gasteiger partial charge is 0.138 e. The van der Waals surface area contributed by atoms with E-state index in [9.17, 15) is 0 Å². The second kappa shape index (κ2) is 5.19. The van der Waals surface area contributed by atoms with Crippen LogP contribution in [-0.4, -0.2) is 22.1 Å². The molecule has 1 rings (SSSR count). The molecule has 0 atom stereocenters. The van der Waals surface area contributed by atoms with Crippen molar-refractivity contribution in [2.45, 2.75) is 59.2 Å². The second-order valence-electron chi connectivity index (χ2n) is 5.80. The normalized spacial score (nSPS) is 13.1. The topological polar surface area (TPSA) is 49.9 Å². The van der Waals surface area contributed by atoms with Crippen LogP contribution in [0.4, 0.5) is 0 Å². The lowest BCUT2D eigenvalue weighted by Crippen LogP contribution is -2.35. The molecule has 2 N–H and O–H groups in total. The van der Waals surface area contributed by atoms with Crippen molar-refractivity contribution in [3.05, 3.63) is 17.7 Å². The monoisotopic (exact) mass is 239 g/mol. The molecule has 0 saturated heterocycles. The molecule has 0 saturated carbocycles. The van der Waals surface area contributed by atoms with E-state index in [1.54, 1.807) is 0 Å². The van der Waals surface area contributed by atoms with Gasteiger partial charge in [-0.05, 0) is 41.5 Å². The highest BCUT2D eigenvalue weighted by atomic mass is 16.5. The zero-order chi connectivity index (χ0) is 13.1. The maximum Gasteiger partial charge on any atom is 0.138 e. The predicted octanol–water partition coefficient (Wildman–Crippen LogP) is 2.57. The molecule has 17 heavy (non-hydrogen) atoms. The van der Waals surface area contributed by atoms with Gasteiger partial charge in [0.25, 0.3) is 0 Å². The summed E-state index contributed by atoms with van der Waals surface area (Å²) < 4.78 is 5.66. The van der Waals surface area contributed by atoms with E-state index in [1.165, 1.54) is 0 Å². The zero-order valence-corrected chi connectivity index (χ0v) is 11.8. The molecule has 1 heterocycles. The van der Waals surface area contributed by atoms with Gasteiger partial charge in [-0.25, -0.2) is 4.98 Å². The molecule has 98 valence electrons. The Kier molecular flexibility index (Phi) is 4.33. The average Bonchev–Trinajstić information content (AvgIpc) is 2.62. The summed E-state index contributed by atoms with van der Waals surface area (Å²) in [7, 11) is 0. The first-order chi connectivity index (χ1) is 7.74. The lowest BCUT2D eigenvalue weighted by Gasteiger charge is -2.22. The Morgan fingerprint density at radius 1 is 1.29 bits per heavy atom. The standard InChI is InChI=1S/C13H25N3O/c1-7-17-13(5,6)11-14-8-10(16-11)9-15-12(2,3)4/h8,15H,7,9H2,1-6H3,(H,14,16). The Balaban J connectivity index is 2.65. The number of ether oxygens (including phenoxy) is 1. The molecule has 0 unspecified atom stereocenters. The van der Waals surface area contributed by atoms with Gasteiger partial charge in [-0.2, -0.15) is 0 Å². The van der Waals surface area contributed by atoms with E-state index in [-0.39, 0.29) is 11.1 Å². The van der Waals surface area contributed by atoms with Crippen molar-refractivity contribution in [3.63, 3.8) is 0 Å². The highest BCUT2D eigenvalue weighted by molar-refractivity contribution is 5.07. The number of imidazole rings is 1. The third-order valence-electron chi connectivity index (χ3n) is 2.51. The van der Waals surface area contributed by atoms with Crippen molar-refractivity contribution < 1.29 is 4.74 Å². The van der Waals surface area contributed by atoms with Gasteiger partial charge in [-0.1, -0.05) is 0 Å². The van der Waals surface area contributed by atoms with Crippen molar-refractivity contribution in [1.29, 1.82) is 0 Å². The molecule has 1 aromatic heterocycles. The van der Waals surface area contributed by atoms with Gasteiger partial charge in [0.2, 0.25) is 0 Å². The van der Waals surface area contributed by atoms with Gasteiger partial charge in [0, 0.05) is 30.6 Å². The lowest BCUT2D eigenvalue weighted by atomic mass is 10.1. The highest BCUT2D eigenvalue weighted by Crippen LogP contribution is 2.21. The van der Waals surface area contributed by atoms with Crippen LogP contribution in [0, 0.1) is 0 Å². The van der Waals surface area contributed by atoms with Crippen LogP contribution in [0.5, 0.6) is 0 Å². The van der Waals surface area contributed by atoms with Crippen LogP contribution in [0.2, 0.25) is 0 Å². The molecule has 4 heteroatoms. The van der Waals surface area contributed by atoms with Crippen LogP contribution < -0.4 is 5.32 Å². The first-order valence-electron chi connectivity index (χ1n) is 6.18. The van der Waals surface area contributed by atoms with Crippen molar-refractivity contribution in [2.75, 3.05) is 6.61 Å². The molecule has 0 aliphatic rings. The van der Waals surface area contributed by atoms with Gasteiger partial charge in [-0.15, -0.1) is 0 Å². The summed E-state index contributed by atoms with van der Waals surface area (Å²) in [5, 5.41) is 3.42. The minimum atomic E-state index is -0.352. The summed E-state index contributed by atoms with van der Waals surface area (Å²) in [5.74, 6) is 0.880. The molecule has 0 amide bonds. The molecule has 0 aliphatic carbocycles. The summed E-state index contributed by atoms with van der Waals surface area (Å²) in [6.07, 6.45) is 1.87. The number of hydrogen-bond donors (Lipinski definition) is 2. The van der Waals surface area contributed by atoms with Gasteiger partial charge in [0.1, 0.15) is 11.4 Å². The van der Waals surface area contributed by atoms with Crippen LogP contribution in [0.15, 0.2) is 6.20 Å². The first kappa shape index (κ1) is 14.2. The van der Waals surface area contributed by atoms with E-state index < -0.39 is 0 Å². The molecular weight excluding hydrogens is 214 g/mol. The zero-order valence-electron chi connectivity index (χ0n) is 11.8. The molecule has 0 bridgehead atoms. The largest absolute Gasteiger partial charge is 0.368 e. The minimum Gasteiger partial charge on any atom is -0.368 e. The quantitative estimate of drug-likeness (QED) is 0.830. The Morgan fingerprint density at radius 3 is 2.47 bits per heavy atom. The maximum atomic E-state index is 5.66. The summed E-state index contributed by atoms with van der Waals surface area (Å²) >= 11 is 0. The number of aromatic nitrogens is 2. The summed E-state index contributed by atoms with van der Waals surface area (Å²) in [6.45, 7) is 14.0. The van der Waals surface area contributed by atoms with Gasteiger partial charge in [0.05, 0.1) is 0 Å². The molecule has 0 aromatic carbocycles. The van der Waals surface area contributed by atoms with Gasteiger partial charge >= 0.3 is 0 Å².